The Labute approximate surface area is 214 Å². The van der Waals surface area contributed by atoms with Crippen LogP contribution in [0, 0.1) is 0 Å². The lowest BCUT2D eigenvalue weighted by Gasteiger charge is -2.32. The molecule has 0 aliphatic rings. The van der Waals surface area contributed by atoms with Gasteiger partial charge < -0.3 is 10.2 Å². The fourth-order valence-electron chi connectivity index (χ4n) is 4.76. The summed E-state index contributed by atoms with van der Waals surface area (Å²) in [6.45, 7) is 26.4. The third-order valence-corrected chi connectivity index (χ3v) is 6.88. The van der Waals surface area contributed by atoms with Crippen LogP contribution in [-0.4, -0.2) is 16.8 Å². The Balaban J connectivity index is 2.95. The molecule has 0 radical (unpaired) electrons. The molecule has 4 heteroatoms. The van der Waals surface area contributed by atoms with Crippen molar-refractivity contribution in [1.82, 2.24) is 5.43 Å². The van der Waals surface area contributed by atoms with Crippen molar-refractivity contribution in [2.75, 3.05) is 6.54 Å². The van der Waals surface area contributed by atoms with Crippen LogP contribution < -0.4 is 11.3 Å². The van der Waals surface area contributed by atoms with E-state index in [1.54, 1.807) is 0 Å². The number of benzene rings is 2. The minimum absolute atomic E-state index is 0.0525. The molecule has 35 heavy (non-hydrogen) atoms. The Hall–Kier alpha value is -2.04. The standard InChI is InChI=1S/C31H50N2O2/c1-28(2,3)22-15-19(16-23(26(22)34)29(4,5)6)21(13-14-33-32)20-17-24(30(7,8)9)27(35)25(18-20)31(10,11)12/h15-18,21,33-35H,13-14,32H2,1-12H3. The average Bonchev–Trinajstić information content (AvgIpc) is 2.66. The summed E-state index contributed by atoms with van der Waals surface area (Å²) in [5.41, 5.74) is 8.15. The first-order valence-electron chi connectivity index (χ1n) is 12.9. The molecule has 0 aromatic heterocycles. The summed E-state index contributed by atoms with van der Waals surface area (Å²) in [6.07, 6.45) is 0.798. The lowest BCUT2D eigenvalue weighted by molar-refractivity contribution is 0.421. The molecule has 0 heterocycles. The molecular weight excluding hydrogens is 432 g/mol. The fraction of sp³-hybridized carbons (Fsp3) is 0.613. The van der Waals surface area contributed by atoms with Gasteiger partial charge in [0.15, 0.2) is 0 Å². The Morgan fingerprint density at radius 2 is 0.857 bits per heavy atom. The van der Waals surface area contributed by atoms with Crippen LogP contribution >= 0.6 is 0 Å². The first-order chi connectivity index (χ1) is 15.7. The first-order valence-corrected chi connectivity index (χ1v) is 12.9. The summed E-state index contributed by atoms with van der Waals surface area (Å²) < 4.78 is 0. The number of phenolic OH excluding ortho intramolecular Hbond substituents is 2. The van der Waals surface area contributed by atoms with Crippen molar-refractivity contribution in [3.8, 4) is 11.5 Å². The van der Waals surface area contributed by atoms with Gasteiger partial charge in [0.2, 0.25) is 0 Å². The molecular formula is C31H50N2O2. The third kappa shape index (κ3) is 6.59. The second kappa shape index (κ2) is 9.78. The summed E-state index contributed by atoms with van der Waals surface area (Å²) in [6, 6.07) is 8.69. The van der Waals surface area contributed by atoms with E-state index < -0.39 is 0 Å². The highest BCUT2D eigenvalue weighted by Crippen LogP contribution is 2.45. The van der Waals surface area contributed by atoms with Gasteiger partial charge in [-0.2, -0.15) is 0 Å². The zero-order valence-electron chi connectivity index (χ0n) is 24.3. The molecule has 0 bridgehead atoms. The predicted octanol–water partition coefficient (Wildman–Crippen LogP) is 7.27. The number of rotatable bonds is 5. The number of hydrogen-bond acceptors (Lipinski definition) is 4. The summed E-state index contributed by atoms with van der Waals surface area (Å²) in [4.78, 5) is 0. The summed E-state index contributed by atoms with van der Waals surface area (Å²) >= 11 is 0. The number of hydrazine groups is 1. The molecule has 5 N–H and O–H groups in total. The lowest BCUT2D eigenvalue weighted by atomic mass is 9.73. The van der Waals surface area contributed by atoms with Crippen molar-refractivity contribution in [3.05, 3.63) is 57.6 Å². The van der Waals surface area contributed by atoms with Crippen LogP contribution in [-0.2, 0) is 21.7 Å². The van der Waals surface area contributed by atoms with Gasteiger partial charge in [-0.15, -0.1) is 0 Å². The van der Waals surface area contributed by atoms with E-state index in [1.807, 2.05) is 0 Å². The van der Waals surface area contributed by atoms with Crippen molar-refractivity contribution < 1.29 is 10.2 Å². The van der Waals surface area contributed by atoms with Crippen LogP contribution in [0.4, 0.5) is 0 Å². The molecule has 2 aromatic carbocycles. The van der Waals surface area contributed by atoms with E-state index in [1.165, 1.54) is 11.1 Å². The van der Waals surface area contributed by atoms with Gasteiger partial charge in [-0.25, -0.2) is 0 Å². The highest BCUT2D eigenvalue weighted by molar-refractivity contribution is 5.55. The van der Waals surface area contributed by atoms with Gasteiger partial charge in [0.25, 0.3) is 0 Å². The van der Waals surface area contributed by atoms with Crippen molar-refractivity contribution in [2.45, 2.75) is 117 Å². The summed E-state index contributed by atoms with van der Waals surface area (Å²) in [5, 5.41) is 22.6. The zero-order chi connectivity index (χ0) is 27.1. The maximum Gasteiger partial charge on any atom is 0.123 e. The average molecular weight is 483 g/mol. The van der Waals surface area contributed by atoms with Gasteiger partial charge in [0, 0.05) is 12.5 Å². The minimum Gasteiger partial charge on any atom is -0.507 e. The van der Waals surface area contributed by atoms with Crippen LogP contribution in [0.1, 0.15) is 129 Å². The highest BCUT2D eigenvalue weighted by atomic mass is 16.3. The van der Waals surface area contributed by atoms with Crippen molar-refractivity contribution in [3.63, 3.8) is 0 Å². The Morgan fingerprint density at radius 1 is 0.600 bits per heavy atom. The van der Waals surface area contributed by atoms with Crippen molar-refractivity contribution >= 4 is 0 Å². The van der Waals surface area contributed by atoms with Gasteiger partial charge in [0.05, 0.1) is 0 Å². The molecule has 0 atom stereocenters. The van der Waals surface area contributed by atoms with E-state index in [4.69, 9.17) is 5.84 Å². The van der Waals surface area contributed by atoms with Crippen LogP contribution in [0.2, 0.25) is 0 Å². The molecule has 0 unspecified atom stereocenters. The normalized spacial score (nSPS) is 13.5. The molecule has 0 spiro atoms. The monoisotopic (exact) mass is 482 g/mol. The van der Waals surface area contributed by atoms with Crippen molar-refractivity contribution in [2.24, 2.45) is 5.84 Å². The predicted molar refractivity (Wildman–Crippen MR) is 150 cm³/mol. The van der Waals surface area contributed by atoms with Crippen LogP contribution in [0.3, 0.4) is 0 Å². The number of nitrogens with two attached hydrogens (primary N) is 1. The Kier molecular flexibility index (Phi) is 8.16. The van der Waals surface area contributed by atoms with Gasteiger partial charge in [-0.3, -0.25) is 11.3 Å². The topological polar surface area (TPSA) is 78.5 Å². The van der Waals surface area contributed by atoms with Crippen LogP contribution in [0.25, 0.3) is 0 Å². The maximum atomic E-state index is 11.3. The third-order valence-electron chi connectivity index (χ3n) is 6.88. The fourth-order valence-corrected chi connectivity index (χ4v) is 4.76. The highest BCUT2D eigenvalue weighted by Gasteiger charge is 2.31. The number of phenols is 2. The molecule has 2 aromatic rings. The molecule has 2 rings (SSSR count). The van der Waals surface area contributed by atoms with Gasteiger partial charge in [-0.05, 0) is 61.5 Å². The number of nitrogens with one attached hydrogen (secondary N) is 1. The number of aromatic hydroxyl groups is 2. The molecule has 0 fully saturated rings. The van der Waals surface area contributed by atoms with Crippen LogP contribution in [0.5, 0.6) is 11.5 Å². The maximum absolute atomic E-state index is 11.3. The van der Waals surface area contributed by atoms with Gasteiger partial charge >= 0.3 is 0 Å². The smallest absolute Gasteiger partial charge is 0.123 e. The SMILES string of the molecule is CC(C)(C)c1cc(C(CCNN)c2cc(C(C)(C)C)c(O)c(C(C)(C)C)c2)cc(C(C)(C)C)c1O. The second-order valence-electron chi connectivity index (χ2n) is 14.2. The Bertz CT molecular complexity index is 890. The molecule has 0 amide bonds. The van der Waals surface area contributed by atoms with E-state index >= 15 is 0 Å². The van der Waals surface area contributed by atoms with Gasteiger partial charge in [0.1, 0.15) is 11.5 Å². The molecule has 4 nitrogen and oxygen atoms in total. The molecule has 0 saturated carbocycles. The molecule has 0 aliphatic carbocycles. The quantitative estimate of drug-likeness (QED) is 0.267. The van der Waals surface area contributed by atoms with E-state index in [0.717, 1.165) is 28.7 Å². The summed E-state index contributed by atoms with van der Waals surface area (Å²) in [5.74, 6) is 6.58. The molecule has 0 aliphatic heterocycles. The first kappa shape index (κ1) is 29.2. The summed E-state index contributed by atoms with van der Waals surface area (Å²) in [7, 11) is 0. The van der Waals surface area contributed by atoms with E-state index in [-0.39, 0.29) is 27.6 Å². The lowest BCUT2D eigenvalue weighted by Crippen LogP contribution is -2.26. The van der Waals surface area contributed by atoms with Crippen molar-refractivity contribution in [1.29, 1.82) is 0 Å². The van der Waals surface area contributed by atoms with Gasteiger partial charge in [-0.1, -0.05) is 107 Å². The van der Waals surface area contributed by atoms with E-state index in [2.05, 4.69) is 113 Å². The largest absolute Gasteiger partial charge is 0.507 e. The number of hydrogen-bond donors (Lipinski definition) is 4. The van der Waals surface area contributed by atoms with E-state index in [0.29, 0.717) is 18.0 Å². The molecule has 0 saturated heterocycles. The van der Waals surface area contributed by atoms with Crippen LogP contribution in [0.15, 0.2) is 24.3 Å². The molecule has 196 valence electrons. The Morgan fingerprint density at radius 3 is 1.06 bits per heavy atom. The zero-order valence-corrected chi connectivity index (χ0v) is 24.3. The second-order valence-corrected chi connectivity index (χ2v) is 14.2. The van der Waals surface area contributed by atoms with E-state index in [9.17, 15) is 10.2 Å². The minimum atomic E-state index is -0.209.